The van der Waals surface area contributed by atoms with Gasteiger partial charge >= 0.3 is 0 Å². The first-order chi connectivity index (χ1) is 15.4. The summed E-state index contributed by atoms with van der Waals surface area (Å²) in [5.74, 6) is -0.0433. The van der Waals surface area contributed by atoms with Crippen LogP contribution in [0.5, 0.6) is 0 Å². The van der Waals surface area contributed by atoms with Crippen molar-refractivity contribution in [3.63, 3.8) is 0 Å². The summed E-state index contributed by atoms with van der Waals surface area (Å²) in [5, 5.41) is 2.95. The fourth-order valence-electron chi connectivity index (χ4n) is 3.62. The summed E-state index contributed by atoms with van der Waals surface area (Å²) in [6.45, 7) is 4.16. The van der Waals surface area contributed by atoms with Gasteiger partial charge in [0.05, 0.1) is 10.6 Å². The second-order valence-electron chi connectivity index (χ2n) is 7.88. The Morgan fingerprint density at radius 1 is 0.906 bits per heavy atom. The quantitative estimate of drug-likeness (QED) is 0.492. The molecule has 3 aromatic carbocycles. The van der Waals surface area contributed by atoms with E-state index in [1.807, 2.05) is 37.3 Å². The van der Waals surface area contributed by atoms with E-state index in [0.29, 0.717) is 12.2 Å². The van der Waals surface area contributed by atoms with E-state index in [4.69, 9.17) is 0 Å². The number of nitrogens with zero attached hydrogens (tertiary/aromatic N) is 1. The minimum Gasteiger partial charge on any atom is -0.354 e. The van der Waals surface area contributed by atoms with E-state index in [-0.39, 0.29) is 23.3 Å². The summed E-state index contributed by atoms with van der Waals surface area (Å²) >= 11 is 0. The molecular formula is C26H30N2O3S. The van der Waals surface area contributed by atoms with Gasteiger partial charge in [-0.25, -0.2) is 8.42 Å². The number of rotatable bonds is 10. The maximum atomic E-state index is 13.4. The van der Waals surface area contributed by atoms with Gasteiger partial charge in [0, 0.05) is 6.54 Å². The summed E-state index contributed by atoms with van der Waals surface area (Å²) in [7, 11) is -3.89. The molecule has 0 radical (unpaired) electrons. The molecule has 0 bridgehead atoms. The van der Waals surface area contributed by atoms with Crippen molar-refractivity contribution < 1.29 is 13.2 Å². The maximum absolute atomic E-state index is 13.4. The fraction of sp³-hybridized carbons (Fsp3) is 0.269. The summed E-state index contributed by atoms with van der Waals surface area (Å²) in [4.78, 5) is 13.0. The smallest absolute Gasteiger partial charge is 0.264 e. The van der Waals surface area contributed by atoms with Crippen molar-refractivity contribution in [2.24, 2.45) is 5.92 Å². The number of hydrogen-bond acceptors (Lipinski definition) is 3. The first-order valence-corrected chi connectivity index (χ1v) is 12.3. The van der Waals surface area contributed by atoms with Crippen LogP contribution in [0.4, 0.5) is 5.69 Å². The highest BCUT2D eigenvalue weighted by atomic mass is 32.2. The molecule has 168 valence electrons. The third kappa shape index (κ3) is 5.98. The highest BCUT2D eigenvalue weighted by Gasteiger charge is 2.28. The summed E-state index contributed by atoms with van der Waals surface area (Å²) < 4.78 is 28.0. The third-order valence-corrected chi connectivity index (χ3v) is 7.31. The van der Waals surface area contributed by atoms with Crippen LogP contribution in [0.15, 0.2) is 89.8 Å². The van der Waals surface area contributed by atoms with E-state index in [0.717, 1.165) is 18.4 Å². The van der Waals surface area contributed by atoms with Gasteiger partial charge in [0.1, 0.15) is 6.54 Å². The lowest BCUT2D eigenvalue weighted by atomic mass is 9.97. The van der Waals surface area contributed by atoms with Gasteiger partial charge < -0.3 is 5.32 Å². The molecule has 0 spiro atoms. The van der Waals surface area contributed by atoms with E-state index < -0.39 is 10.0 Å². The zero-order valence-electron chi connectivity index (χ0n) is 18.6. The Bertz CT molecular complexity index is 1120. The van der Waals surface area contributed by atoms with E-state index in [2.05, 4.69) is 24.4 Å². The SMILES string of the molecule is CCC(CNC(=O)CN(c1ccccc1C)S(=O)(=O)c1ccccc1)Cc1ccccc1. The van der Waals surface area contributed by atoms with Crippen LogP contribution in [0.1, 0.15) is 24.5 Å². The number of nitrogens with one attached hydrogen (secondary N) is 1. The van der Waals surface area contributed by atoms with Crippen LogP contribution in [0.2, 0.25) is 0 Å². The molecule has 0 aliphatic carbocycles. The van der Waals surface area contributed by atoms with Crippen molar-refractivity contribution in [2.45, 2.75) is 31.6 Å². The minimum atomic E-state index is -3.89. The molecule has 0 heterocycles. The van der Waals surface area contributed by atoms with Crippen LogP contribution in [0.25, 0.3) is 0 Å². The summed E-state index contributed by atoms with van der Waals surface area (Å²) in [6, 6.07) is 25.6. The van der Waals surface area contributed by atoms with Crippen LogP contribution < -0.4 is 9.62 Å². The van der Waals surface area contributed by atoms with Crippen LogP contribution >= 0.6 is 0 Å². The van der Waals surface area contributed by atoms with Crippen LogP contribution in [0, 0.1) is 12.8 Å². The highest BCUT2D eigenvalue weighted by Crippen LogP contribution is 2.26. The number of anilines is 1. The zero-order chi connectivity index (χ0) is 23.0. The van der Waals surface area contributed by atoms with Crippen LogP contribution in [0.3, 0.4) is 0 Å². The predicted molar refractivity (Wildman–Crippen MR) is 129 cm³/mol. The lowest BCUT2D eigenvalue weighted by Crippen LogP contribution is -2.42. The monoisotopic (exact) mass is 450 g/mol. The molecule has 0 aromatic heterocycles. The molecule has 0 fully saturated rings. The molecule has 5 nitrogen and oxygen atoms in total. The van der Waals surface area contributed by atoms with Crippen molar-refractivity contribution in [3.05, 3.63) is 96.1 Å². The van der Waals surface area contributed by atoms with E-state index in [1.165, 1.54) is 9.87 Å². The van der Waals surface area contributed by atoms with Crippen molar-refractivity contribution in [1.82, 2.24) is 5.32 Å². The Balaban J connectivity index is 1.76. The first-order valence-electron chi connectivity index (χ1n) is 10.9. The largest absolute Gasteiger partial charge is 0.354 e. The molecule has 1 unspecified atom stereocenters. The molecule has 0 aliphatic rings. The van der Waals surface area contributed by atoms with Gasteiger partial charge in [-0.3, -0.25) is 9.10 Å². The second-order valence-corrected chi connectivity index (χ2v) is 9.74. The molecule has 0 saturated heterocycles. The predicted octanol–water partition coefficient (Wildman–Crippen LogP) is 4.58. The Morgan fingerprint density at radius 2 is 1.50 bits per heavy atom. The molecule has 6 heteroatoms. The topological polar surface area (TPSA) is 66.5 Å². The second kappa shape index (κ2) is 11.0. The summed E-state index contributed by atoms with van der Waals surface area (Å²) in [6.07, 6.45) is 1.78. The molecule has 3 aromatic rings. The number of benzene rings is 3. The van der Waals surface area contributed by atoms with Gasteiger partial charge in [-0.15, -0.1) is 0 Å². The van der Waals surface area contributed by atoms with Crippen molar-refractivity contribution in [2.75, 3.05) is 17.4 Å². The zero-order valence-corrected chi connectivity index (χ0v) is 19.4. The molecule has 1 N–H and O–H groups in total. The molecule has 1 amide bonds. The Labute approximate surface area is 191 Å². The van der Waals surface area contributed by atoms with Gasteiger partial charge in [-0.05, 0) is 48.6 Å². The Morgan fingerprint density at radius 3 is 2.12 bits per heavy atom. The lowest BCUT2D eigenvalue weighted by Gasteiger charge is -2.26. The van der Waals surface area contributed by atoms with Gasteiger partial charge in [0.25, 0.3) is 10.0 Å². The number of sulfonamides is 1. The van der Waals surface area contributed by atoms with E-state index in [9.17, 15) is 13.2 Å². The number of carbonyl (C=O) groups is 1. The van der Waals surface area contributed by atoms with Crippen LogP contribution in [-0.4, -0.2) is 27.4 Å². The van der Waals surface area contributed by atoms with Crippen LogP contribution in [-0.2, 0) is 21.2 Å². The third-order valence-electron chi connectivity index (χ3n) is 5.54. The fourth-order valence-corrected chi connectivity index (χ4v) is 5.12. The Hall–Kier alpha value is -3.12. The molecular weight excluding hydrogens is 420 g/mol. The molecule has 0 aliphatic heterocycles. The van der Waals surface area contributed by atoms with Gasteiger partial charge in [-0.1, -0.05) is 80.1 Å². The number of hydrogen-bond donors (Lipinski definition) is 1. The van der Waals surface area contributed by atoms with Gasteiger partial charge in [-0.2, -0.15) is 0 Å². The van der Waals surface area contributed by atoms with Crippen molar-refractivity contribution in [3.8, 4) is 0 Å². The lowest BCUT2D eigenvalue weighted by molar-refractivity contribution is -0.119. The summed E-state index contributed by atoms with van der Waals surface area (Å²) in [5.41, 5.74) is 2.51. The minimum absolute atomic E-state index is 0.159. The molecule has 1 atom stereocenters. The molecule has 0 saturated carbocycles. The molecule has 3 rings (SSSR count). The Kier molecular flexibility index (Phi) is 8.06. The first kappa shape index (κ1) is 23.5. The number of aryl methyl sites for hydroxylation is 1. The van der Waals surface area contributed by atoms with Gasteiger partial charge in [0.15, 0.2) is 0 Å². The average molecular weight is 451 g/mol. The average Bonchev–Trinajstić information content (AvgIpc) is 2.82. The standard InChI is InChI=1S/C26H30N2O3S/c1-3-22(18-23-13-6-4-7-14-23)19-27-26(29)20-28(25-17-11-10-12-21(25)2)32(30,31)24-15-8-5-9-16-24/h4-17,22H,3,18-20H2,1-2H3,(H,27,29). The van der Waals surface area contributed by atoms with Crippen molar-refractivity contribution >= 4 is 21.6 Å². The molecule has 32 heavy (non-hydrogen) atoms. The van der Waals surface area contributed by atoms with Crippen molar-refractivity contribution in [1.29, 1.82) is 0 Å². The maximum Gasteiger partial charge on any atom is 0.264 e. The van der Waals surface area contributed by atoms with Gasteiger partial charge in [0.2, 0.25) is 5.91 Å². The number of para-hydroxylation sites is 1. The normalized spacial score (nSPS) is 12.2. The highest BCUT2D eigenvalue weighted by molar-refractivity contribution is 7.92. The number of carbonyl (C=O) groups excluding carboxylic acids is 1. The van der Waals surface area contributed by atoms with E-state index in [1.54, 1.807) is 42.5 Å². The number of amides is 1. The van der Waals surface area contributed by atoms with E-state index >= 15 is 0 Å².